The molecule has 1 heterocycles. The van der Waals surface area contributed by atoms with E-state index >= 15 is 0 Å². The van der Waals surface area contributed by atoms with Crippen molar-refractivity contribution in [1.82, 2.24) is 10.2 Å². The summed E-state index contributed by atoms with van der Waals surface area (Å²) in [5, 5.41) is 3.68. The first-order chi connectivity index (χ1) is 9.38. The molecule has 2 atom stereocenters. The average molecular weight is 262 g/mol. The Morgan fingerprint density at radius 2 is 2.00 bits per heavy atom. The molecule has 0 spiro atoms. The molecular weight excluding hydrogens is 239 g/mol. The molecule has 1 aliphatic heterocycles. The number of hydrogen-bond acceptors (Lipinski definition) is 2. The minimum Gasteiger partial charge on any atom is -0.307 e. The zero-order valence-corrected chi connectivity index (χ0v) is 11.4. The lowest BCUT2D eigenvalue weighted by Crippen LogP contribution is -2.53. The van der Waals surface area contributed by atoms with Crippen LogP contribution in [0.25, 0.3) is 0 Å². The highest BCUT2D eigenvalue weighted by Gasteiger charge is 2.38. The van der Waals surface area contributed by atoms with Gasteiger partial charge < -0.3 is 5.32 Å². The van der Waals surface area contributed by atoms with Crippen molar-refractivity contribution in [3.8, 4) is 0 Å². The van der Waals surface area contributed by atoms with Gasteiger partial charge in [0.2, 0.25) is 0 Å². The van der Waals surface area contributed by atoms with Gasteiger partial charge in [0.25, 0.3) is 0 Å². The standard InChI is InChI=1S/C16H23FN2/c17-9-4-10-19-12-15(13-5-2-1-3-6-13)18-11-16(19)14-7-8-14/h1-3,5-6,14-16,18H,4,7-12H2. The molecular formula is C16H23FN2. The molecule has 1 saturated heterocycles. The monoisotopic (exact) mass is 262 g/mol. The number of nitrogens with zero attached hydrogens (tertiary/aromatic N) is 1. The van der Waals surface area contributed by atoms with Crippen LogP contribution in [0, 0.1) is 5.92 Å². The van der Waals surface area contributed by atoms with E-state index in [0.717, 1.165) is 25.6 Å². The summed E-state index contributed by atoms with van der Waals surface area (Å²) in [6, 6.07) is 11.6. The summed E-state index contributed by atoms with van der Waals surface area (Å²) >= 11 is 0. The van der Waals surface area contributed by atoms with Crippen molar-refractivity contribution >= 4 is 0 Å². The minimum atomic E-state index is -0.197. The van der Waals surface area contributed by atoms with Crippen molar-refractivity contribution in [2.45, 2.75) is 31.3 Å². The van der Waals surface area contributed by atoms with E-state index in [-0.39, 0.29) is 6.67 Å². The van der Waals surface area contributed by atoms with Crippen LogP contribution in [0.4, 0.5) is 4.39 Å². The van der Waals surface area contributed by atoms with Gasteiger partial charge in [0, 0.05) is 31.7 Å². The molecule has 2 fully saturated rings. The first-order valence-corrected chi connectivity index (χ1v) is 7.47. The second-order valence-electron chi connectivity index (χ2n) is 5.81. The van der Waals surface area contributed by atoms with E-state index in [0.29, 0.717) is 18.5 Å². The van der Waals surface area contributed by atoms with Gasteiger partial charge in [0.15, 0.2) is 0 Å². The van der Waals surface area contributed by atoms with E-state index in [9.17, 15) is 4.39 Å². The molecule has 0 amide bonds. The first kappa shape index (κ1) is 13.1. The molecule has 0 aromatic heterocycles. The zero-order valence-electron chi connectivity index (χ0n) is 11.4. The van der Waals surface area contributed by atoms with E-state index in [1.54, 1.807) is 0 Å². The summed E-state index contributed by atoms with van der Waals surface area (Å²) in [4.78, 5) is 2.52. The molecule has 0 bridgehead atoms. The van der Waals surface area contributed by atoms with Gasteiger partial charge in [0.05, 0.1) is 6.67 Å². The molecule has 1 aromatic rings. The number of benzene rings is 1. The van der Waals surface area contributed by atoms with Crippen LogP contribution in [-0.4, -0.2) is 37.3 Å². The highest BCUT2D eigenvalue weighted by atomic mass is 19.1. The highest BCUT2D eigenvalue weighted by molar-refractivity contribution is 5.20. The first-order valence-electron chi connectivity index (χ1n) is 7.47. The van der Waals surface area contributed by atoms with Gasteiger partial charge in [-0.1, -0.05) is 30.3 Å². The number of alkyl halides is 1. The Morgan fingerprint density at radius 1 is 1.21 bits per heavy atom. The highest BCUT2D eigenvalue weighted by Crippen LogP contribution is 2.37. The third-order valence-corrected chi connectivity index (χ3v) is 4.41. The molecule has 0 radical (unpaired) electrons. The van der Waals surface area contributed by atoms with Gasteiger partial charge in [-0.05, 0) is 30.7 Å². The largest absolute Gasteiger partial charge is 0.307 e. The Bertz CT molecular complexity index is 391. The number of hydrogen-bond donors (Lipinski definition) is 1. The Hall–Kier alpha value is -0.930. The van der Waals surface area contributed by atoms with Crippen LogP contribution in [0.1, 0.15) is 30.9 Å². The van der Waals surface area contributed by atoms with Crippen LogP contribution in [0.3, 0.4) is 0 Å². The fourth-order valence-electron chi connectivity index (χ4n) is 3.20. The zero-order chi connectivity index (χ0) is 13.1. The maximum atomic E-state index is 12.5. The smallest absolute Gasteiger partial charge is 0.0906 e. The van der Waals surface area contributed by atoms with Gasteiger partial charge in [-0.15, -0.1) is 0 Å². The molecule has 19 heavy (non-hydrogen) atoms. The molecule has 1 N–H and O–H groups in total. The SMILES string of the molecule is FCCCN1CC(c2ccccc2)NCC1C1CC1. The van der Waals surface area contributed by atoms with Gasteiger partial charge in [-0.2, -0.15) is 0 Å². The number of rotatable bonds is 5. The molecule has 2 aliphatic rings. The number of halogens is 1. The fourth-order valence-corrected chi connectivity index (χ4v) is 3.20. The average Bonchev–Trinajstić information content (AvgIpc) is 3.30. The van der Waals surface area contributed by atoms with E-state index < -0.39 is 0 Å². The van der Waals surface area contributed by atoms with Crippen molar-refractivity contribution in [2.24, 2.45) is 5.92 Å². The lowest BCUT2D eigenvalue weighted by molar-refractivity contribution is 0.111. The number of piperazine rings is 1. The third kappa shape index (κ3) is 3.15. The Labute approximate surface area is 115 Å². The molecule has 104 valence electrons. The lowest BCUT2D eigenvalue weighted by Gasteiger charge is -2.41. The summed E-state index contributed by atoms with van der Waals surface area (Å²) in [5.41, 5.74) is 1.35. The van der Waals surface area contributed by atoms with Crippen molar-refractivity contribution in [3.63, 3.8) is 0 Å². The van der Waals surface area contributed by atoms with Gasteiger partial charge >= 0.3 is 0 Å². The molecule has 3 rings (SSSR count). The maximum Gasteiger partial charge on any atom is 0.0906 e. The quantitative estimate of drug-likeness (QED) is 0.878. The van der Waals surface area contributed by atoms with Crippen molar-refractivity contribution < 1.29 is 4.39 Å². The van der Waals surface area contributed by atoms with E-state index in [1.165, 1.54) is 18.4 Å². The van der Waals surface area contributed by atoms with Crippen LogP contribution in [-0.2, 0) is 0 Å². The Morgan fingerprint density at radius 3 is 2.68 bits per heavy atom. The van der Waals surface area contributed by atoms with Crippen molar-refractivity contribution in [2.75, 3.05) is 26.3 Å². The third-order valence-electron chi connectivity index (χ3n) is 4.41. The van der Waals surface area contributed by atoms with Gasteiger partial charge in [0.1, 0.15) is 0 Å². The van der Waals surface area contributed by atoms with Crippen molar-refractivity contribution in [1.29, 1.82) is 0 Å². The minimum absolute atomic E-state index is 0.197. The van der Waals surface area contributed by atoms with Crippen molar-refractivity contribution in [3.05, 3.63) is 35.9 Å². The van der Waals surface area contributed by atoms with E-state index in [1.807, 2.05) is 0 Å². The van der Waals surface area contributed by atoms with E-state index in [4.69, 9.17) is 0 Å². The van der Waals surface area contributed by atoms with Gasteiger partial charge in [-0.25, -0.2) is 0 Å². The second kappa shape index (κ2) is 6.02. The molecule has 1 aliphatic carbocycles. The fraction of sp³-hybridized carbons (Fsp3) is 0.625. The topological polar surface area (TPSA) is 15.3 Å². The normalized spacial score (nSPS) is 28.5. The Kier molecular flexibility index (Phi) is 4.14. The molecule has 2 nitrogen and oxygen atoms in total. The van der Waals surface area contributed by atoms with Crippen LogP contribution >= 0.6 is 0 Å². The molecule has 1 saturated carbocycles. The predicted octanol–water partition coefficient (Wildman–Crippen LogP) is 2.77. The van der Waals surface area contributed by atoms with Crippen LogP contribution < -0.4 is 5.32 Å². The van der Waals surface area contributed by atoms with E-state index in [2.05, 4.69) is 40.5 Å². The Balaban J connectivity index is 1.66. The van der Waals surface area contributed by atoms with Crippen LogP contribution in [0.2, 0.25) is 0 Å². The molecule has 2 unspecified atom stereocenters. The van der Waals surface area contributed by atoms with Crippen LogP contribution in [0.5, 0.6) is 0 Å². The van der Waals surface area contributed by atoms with Crippen LogP contribution in [0.15, 0.2) is 30.3 Å². The lowest BCUT2D eigenvalue weighted by atomic mass is 9.99. The predicted molar refractivity (Wildman–Crippen MR) is 75.9 cm³/mol. The maximum absolute atomic E-state index is 12.5. The summed E-state index contributed by atoms with van der Waals surface area (Å²) in [6.07, 6.45) is 3.38. The molecule has 3 heteroatoms. The summed E-state index contributed by atoms with van der Waals surface area (Å²) in [5.74, 6) is 0.851. The van der Waals surface area contributed by atoms with Gasteiger partial charge in [-0.3, -0.25) is 9.29 Å². The second-order valence-corrected chi connectivity index (χ2v) is 5.81. The number of nitrogens with one attached hydrogen (secondary N) is 1. The summed E-state index contributed by atoms with van der Waals surface area (Å²) in [6.45, 7) is 2.78. The molecule has 1 aromatic carbocycles. The summed E-state index contributed by atoms with van der Waals surface area (Å²) < 4.78 is 12.5. The summed E-state index contributed by atoms with van der Waals surface area (Å²) in [7, 11) is 0.